The van der Waals surface area contributed by atoms with Crippen LogP contribution in [-0.2, 0) is 4.79 Å². The van der Waals surface area contributed by atoms with Gasteiger partial charge in [-0.3, -0.25) is 4.79 Å². The maximum Gasteiger partial charge on any atom is 0.220 e. The molecule has 0 aromatic carbocycles. The number of amides is 1. The first kappa shape index (κ1) is 11.9. The van der Waals surface area contributed by atoms with E-state index in [4.69, 9.17) is 0 Å². The zero-order chi connectivity index (χ0) is 11.4. The minimum atomic E-state index is 0.159. The summed E-state index contributed by atoms with van der Waals surface area (Å²) in [5.41, 5.74) is 0.159. The van der Waals surface area contributed by atoms with Crippen LogP contribution in [-0.4, -0.2) is 11.4 Å². The fourth-order valence-electron chi connectivity index (χ4n) is 3.46. The summed E-state index contributed by atoms with van der Waals surface area (Å²) in [6, 6.07) is 0. The first-order chi connectivity index (χ1) is 7.74. The molecule has 1 amide bonds. The molecule has 92 valence electrons. The van der Waals surface area contributed by atoms with Gasteiger partial charge in [-0.05, 0) is 25.2 Å². The molecule has 2 heteroatoms. The largest absolute Gasteiger partial charge is 0.351 e. The number of rotatable bonds is 3. The summed E-state index contributed by atoms with van der Waals surface area (Å²) in [4.78, 5) is 11.4. The van der Waals surface area contributed by atoms with Gasteiger partial charge in [-0.2, -0.15) is 0 Å². The van der Waals surface area contributed by atoms with Gasteiger partial charge in [-0.15, -0.1) is 0 Å². The molecule has 1 aliphatic carbocycles. The van der Waals surface area contributed by atoms with Gasteiger partial charge in [0.05, 0.1) is 0 Å². The van der Waals surface area contributed by atoms with Gasteiger partial charge in [0.25, 0.3) is 0 Å². The molecule has 2 aliphatic rings. The van der Waals surface area contributed by atoms with Gasteiger partial charge in [0.2, 0.25) is 5.91 Å². The predicted molar refractivity (Wildman–Crippen MR) is 66.2 cm³/mol. The lowest BCUT2D eigenvalue weighted by molar-refractivity contribution is -0.119. The number of carbonyl (C=O) groups is 1. The van der Waals surface area contributed by atoms with E-state index in [0.717, 1.165) is 25.2 Å². The summed E-state index contributed by atoms with van der Waals surface area (Å²) >= 11 is 0. The van der Waals surface area contributed by atoms with Crippen LogP contribution in [0, 0.1) is 5.92 Å². The van der Waals surface area contributed by atoms with Crippen molar-refractivity contribution in [2.75, 3.05) is 0 Å². The van der Waals surface area contributed by atoms with Crippen molar-refractivity contribution in [3.63, 3.8) is 0 Å². The summed E-state index contributed by atoms with van der Waals surface area (Å²) in [6.07, 6.45) is 12.6. The predicted octanol–water partition coefficient (Wildman–Crippen LogP) is 3.41. The van der Waals surface area contributed by atoms with Crippen molar-refractivity contribution in [1.82, 2.24) is 5.32 Å². The highest BCUT2D eigenvalue weighted by Gasteiger charge is 2.37. The first-order valence-electron chi connectivity index (χ1n) is 7.05. The maximum atomic E-state index is 11.4. The van der Waals surface area contributed by atoms with Crippen LogP contribution in [0.25, 0.3) is 0 Å². The lowest BCUT2D eigenvalue weighted by Gasteiger charge is -2.32. The van der Waals surface area contributed by atoms with Crippen molar-refractivity contribution in [3.8, 4) is 0 Å². The van der Waals surface area contributed by atoms with Crippen molar-refractivity contribution in [3.05, 3.63) is 0 Å². The standard InChI is InChI=1S/C14H25NO/c1-2-14(10-9-13(16)15-14)11-12-7-5-3-4-6-8-12/h12H,2-11H2,1H3,(H,15,16). The van der Waals surface area contributed by atoms with E-state index in [1.54, 1.807) is 0 Å². The highest BCUT2D eigenvalue weighted by atomic mass is 16.2. The van der Waals surface area contributed by atoms with Gasteiger partial charge in [-0.25, -0.2) is 0 Å². The minimum Gasteiger partial charge on any atom is -0.351 e. The quantitative estimate of drug-likeness (QED) is 0.730. The molecular weight excluding hydrogens is 198 g/mol. The maximum absolute atomic E-state index is 11.4. The van der Waals surface area contributed by atoms with Gasteiger partial charge < -0.3 is 5.32 Å². The number of nitrogens with one attached hydrogen (secondary N) is 1. The van der Waals surface area contributed by atoms with Crippen molar-refractivity contribution < 1.29 is 4.79 Å². The molecule has 2 fully saturated rings. The van der Waals surface area contributed by atoms with Crippen LogP contribution in [0.5, 0.6) is 0 Å². The second kappa shape index (κ2) is 5.20. The molecule has 0 aromatic rings. The molecule has 1 heterocycles. The molecule has 2 nitrogen and oxygen atoms in total. The number of carbonyl (C=O) groups excluding carboxylic acids is 1. The molecule has 1 N–H and O–H groups in total. The van der Waals surface area contributed by atoms with Crippen LogP contribution in [0.1, 0.15) is 71.1 Å². The fourth-order valence-corrected chi connectivity index (χ4v) is 3.46. The highest BCUT2D eigenvalue weighted by Crippen LogP contribution is 2.35. The Labute approximate surface area is 99.2 Å². The third-order valence-electron chi connectivity index (χ3n) is 4.57. The molecule has 1 saturated heterocycles. The van der Waals surface area contributed by atoms with Crippen LogP contribution in [0.3, 0.4) is 0 Å². The Balaban J connectivity index is 1.92. The molecule has 1 atom stereocenters. The zero-order valence-corrected chi connectivity index (χ0v) is 10.6. The molecule has 16 heavy (non-hydrogen) atoms. The number of hydrogen-bond acceptors (Lipinski definition) is 1. The third-order valence-corrected chi connectivity index (χ3v) is 4.57. The Bertz CT molecular complexity index is 243. The molecule has 0 spiro atoms. The minimum absolute atomic E-state index is 0.159. The Morgan fingerprint density at radius 3 is 2.44 bits per heavy atom. The van der Waals surface area contributed by atoms with Crippen LogP contribution in [0.4, 0.5) is 0 Å². The van der Waals surface area contributed by atoms with Crippen LogP contribution in [0.15, 0.2) is 0 Å². The first-order valence-corrected chi connectivity index (χ1v) is 7.05. The van der Waals surface area contributed by atoms with E-state index < -0.39 is 0 Å². The van der Waals surface area contributed by atoms with E-state index in [9.17, 15) is 4.79 Å². The monoisotopic (exact) mass is 223 g/mol. The van der Waals surface area contributed by atoms with Crippen molar-refractivity contribution in [2.45, 2.75) is 76.7 Å². The van der Waals surface area contributed by atoms with Crippen molar-refractivity contribution >= 4 is 5.91 Å². The van der Waals surface area contributed by atoms with Crippen LogP contribution >= 0.6 is 0 Å². The van der Waals surface area contributed by atoms with E-state index >= 15 is 0 Å². The highest BCUT2D eigenvalue weighted by molar-refractivity contribution is 5.79. The van der Waals surface area contributed by atoms with E-state index in [1.807, 2.05) is 0 Å². The normalized spacial score (nSPS) is 32.4. The molecule has 0 radical (unpaired) electrons. The fraction of sp³-hybridized carbons (Fsp3) is 0.929. The molecule has 1 saturated carbocycles. The summed E-state index contributed by atoms with van der Waals surface area (Å²) in [6.45, 7) is 2.22. The molecule has 2 rings (SSSR count). The lowest BCUT2D eigenvalue weighted by atomic mass is 9.81. The second-order valence-electron chi connectivity index (χ2n) is 5.74. The topological polar surface area (TPSA) is 29.1 Å². The average molecular weight is 223 g/mol. The van der Waals surface area contributed by atoms with E-state index in [0.29, 0.717) is 0 Å². The Kier molecular flexibility index (Phi) is 3.88. The van der Waals surface area contributed by atoms with Crippen LogP contribution in [0.2, 0.25) is 0 Å². The van der Waals surface area contributed by atoms with Crippen molar-refractivity contribution in [2.24, 2.45) is 5.92 Å². The van der Waals surface area contributed by atoms with Crippen LogP contribution < -0.4 is 5.32 Å². The Hall–Kier alpha value is -0.530. The zero-order valence-electron chi connectivity index (χ0n) is 10.6. The van der Waals surface area contributed by atoms with Gasteiger partial charge in [0.1, 0.15) is 0 Å². The lowest BCUT2D eigenvalue weighted by Crippen LogP contribution is -2.42. The van der Waals surface area contributed by atoms with Gasteiger partial charge in [0.15, 0.2) is 0 Å². The smallest absolute Gasteiger partial charge is 0.220 e. The average Bonchev–Trinajstić information content (AvgIpc) is 2.51. The summed E-state index contributed by atoms with van der Waals surface area (Å²) < 4.78 is 0. The molecule has 1 aliphatic heterocycles. The molecular formula is C14H25NO. The Morgan fingerprint density at radius 1 is 1.25 bits per heavy atom. The molecule has 0 aromatic heterocycles. The van der Waals surface area contributed by atoms with E-state index in [1.165, 1.54) is 44.9 Å². The van der Waals surface area contributed by atoms with E-state index in [2.05, 4.69) is 12.2 Å². The summed E-state index contributed by atoms with van der Waals surface area (Å²) in [5, 5.41) is 3.25. The summed E-state index contributed by atoms with van der Waals surface area (Å²) in [5.74, 6) is 1.14. The summed E-state index contributed by atoms with van der Waals surface area (Å²) in [7, 11) is 0. The third kappa shape index (κ3) is 2.78. The van der Waals surface area contributed by atoms with Gasteiger partial charge >= 0.3 is 0 Å². The van der Waals surface area contributed by atoms with E-state index in [-0.39, 0.29) is 11.4 Å². The molecule has 0 bridgehead atoms. The number of hydrogen-bond donors (Lipinski definition) is 1. The van der Waals surface area contributed by atoms with Gasteiger partial charge in [-0.1, -0.05) is 45.4 Å². The SMILES string of the molecule is CCC1(CC2CCCCCC2)CCC(=O)N1. The second-order valence-corrected chi connectivity index (χ2v) is 5.74. The molecule has 1 unspecified atom stereocenters. The van der Waals surface area contributed by atoms with Gasteiger partial charge in [0, 0.05) is 12.0 Å². The van der Waals surface area contributed by atoms with Crippen molar-refractivity contribution in [1.29, 1.82) is 0 Å². The Morgan fingerprint density at radius 2 is 1.94 bits per heavy atom.